The summed E-state index contributed by atoms with van der Waals surface area (Å²) >= 11 is 0. The Kier molecular flexibility index (Phi) is 7.12. The molecule has 10 nitrogen and oxygen atoms in total. The number of pyridine rings is 1. The quantitative estimate of drug-likeness (QED) is 0.369. The van der Waals surface area contributed by atoms with Gasteiger partial charge >= 0.3 is 5.97 Å². The summed E-state index contributed by atoms with van der Waals surface area (Å²) in [5.41, 5.74) is 5.42. The first kappa shape index (κ1) is 25.0. The number of piperidine rings is 1. The van der Waals surface area contributed by atoms with Crippen LogP contribution in [0, 0.1) is 17.3 Å². The van der Waals surface area contributed by atoms with Crippen LogP contribution < -0.4 is 5.73 Å². The van der Waals surface area contributed by atoms with Gasteiger partial charge in [-0.1, -0.05) is 6.07 Å². The molecule has 0 aromatic carbocycles. The molecule has 1 fully saturated rings. The molecule has 0 spiro atoms. The van der Waals surface area contributed by atoms with Gasteiger partial charge in [0.25, 0.3) is 5.91 Å². The van der Waals surface area contributed by atoms with E-state index < -0.39 is 29.5 Å². The lowest BCUT2D eigenvalue weighted by Crippen LogP contribution is -2.54. The van der Waals surface area contributed by atoms with E-state index in [-0.39, 0.29) is 43.6 Å². The van der Waals surface area contributed by atoms with Crippen molar-refractivity contribution in [1.82, 2.24) is 19.7 Å². The van der Waals surface area contributed by atoms with Crippen molar-refractivity contribution in [2.45, 2.75) is 37.5 Å². The Morgan fingerprint density at radius 1 is 1.39 bits per heavy atom. The molecule has 4 rings (SSSR count). The maximum Gasteiger partial charge on any atom is 0.311 e. The van der Waals surface area contributed by atoms with Crippen molar-refractivity contribution in [2.75, 3.05) is 20.2 Å². The van der Waals surface area contributed by atoms with Crippen LogP contribution in [0.3, 0.4) is 0 Å². The second-order valence-corrected chi connectivity index (χ2v) is 8.60. The third kappa shape index (κ3) is 4.83. The first-order chi connectivity index (χ1) is 17.3. The molecule has 4 heterocycles. The van der Waals surface area contributed by atoms with E-state index >= 15 is 4.39 Å². The molecule has 1 aliphatic heterocycles. The Morgan fingerprint density at radius 3 is 2.81 bits per heavy atom. The van der Waals surface area contributed by atoms with E-state index in [1.165, 1.54) is 30.5 Å². The maximum absolute atomic E-state index is 15.8. The van der Waals surface area contributed by atoms with Gasteiger partial charge in [-0.3, -0.25) is 19.2 Å². The summed E-state index contributed by atoms with van der Waals surface area (Å²) in [5.74, 6) is -2.14. The number of esters is 1. The highest BCUT2D eigenvalue weighted by Gasteiger charge is 2.46. The fourth-order valence-electron chi connectivity index (χ4n) is 4.39. The lowest BCUT2D eigenvalue weighted by Gasteiger charge is -2.43. The van der Waals surface area contributed by atoms with Gasteiger partial charge in [0.15, 0.2) is 0 Å². The summed E-state index contributed by atoms with van der Waals surface area (Å²) < 4.78 is 41.3. The molecule has 0 saturated carbocycles. The number of hydrogen-bond donors (Lipinski definition) is 1. The van der Waals surface area contributed by atoms with Crippen LogP contribution in [0.2, 0.25) is 0 Å². The lowest BCUT2D eigenvalue weighted by atomic mass is 9.83. The highest BCUT2D eigenvalue weighted by molar-refractivity contribution is 5.94. The van der Waals surface area contributed by atoms with Gasteiger partial charge in [0.2, 0.25) is 5.95 Å². The van der Waals surface area contributed by atoms with Crippen molar-refractivity contribution < 1.29 is 27.5 Å². The molecule has 36 heavy (non-hydrogen) atoms. The second-order valence-electron chi connectivity index (χ2n) is 8.60. The second kappa shape index (κ2) is 10.2. The summed E-state index contributed by atoms with van der Waals surface area (Å²) in [6, 6.07) is 6.94. The summed E-state index contributed by atoms with van der Waals surface area (Å²) in [7, 11) is 1.19. The predicted octanol–water partition coefficient (Wildman–Crippen LogP) is 2.34. The number of halogens is 2. The van der Waals surface area contributed by atoms with Gasteiger partial charge < -0.3 is 14.9 Å². The number of rotatable bonds is 8. The fraction of sp³-hybridized carbons (Fsp3) is 0.375. The molecule has 0 aliphatic carbocycles. The molecule has 3 aromatic rings. The molecule has 2 N–H and O–H groups in total. The van der Waals surface area contributed by atoms with Crippen molar-refractivity contribution >= 4 is 11.9 Å². The van der Waals surface area contributed by atoms with Gasteiger partial charge in [0.1, 0.15) is 11.7 Å². The summed E-state index contributed by atoms with van der Waals surface area (Å²) in [6.45, 7) is 0.332. The van der Waals surface area contributed by atoms with Gasteiger partial charge in [0.05, 0.1) is 55.5 Å². The molecule has 1 aliphatic rings. The van der Waals surface area contributed by atoms with E-state index in [4.69, 9.17) is 10.2 Å². The van der Waals surface area contributed by atoms with E-state index in [2.05, 4.69) is 14.8 Å². The van der Waals surface area contributed by atoms with Crippen LogP contribution in [0.25, 0.3) is 11.3 Å². The van der Waals surface area contributed by atoms with Crippen LogP contribution in [0.1, 0.15) is 34.5 Å². The van der Waals surface area contributed by atoms with E-state index in [1.54, 1.807) is 23.1 Å². The normalized spacial score (nSPS) is 20.1. The number of nitriles is 1. The average molecular weight is 498 g/mol. The molecule has 0 bridgehead atoms. The minimum atomic E-state index is -1.58. The van der Waals surface area contributed by atoms with E-state index in [9.17, 15) is 19.2 Å². The number of carbonyl (C=O) groups excluding carboxylic acids is 2. The zero-order chi connectivity index (χ0) is 25.9. The van der Waals surface area contributed by atoms with E-state index in [0.29, 0.717) is 23.4 Å². The molecule has 3 aromatic heterocycles. The third-order valence-electron chi connectivity index (χ3n) is 6.44. The molecule has 0 radical (unpaired) electrons. The molecule has 1 amide bonds. The Labute approximate surface area is 205 Å². The number of nitrogens with two attached hydrogens (primary N) is 1. The van der Waals surface area contributed by atoms with Gasteiger partial charge in [-0.2, -0.15) is 14.8 Å². The molecular weight excluding hydrogens is 474 g/mol. The topological polar surface area (TPSA) is 140 Å². The number of nitrogens with zero attached hydrogens (tertiary/aromatic N) is 5. The van der Waals surface area contributed by atoms with Crippen LogP contribution in [-0.4, -0.2) is 57.9 Å². The first-order valence-corrected chi connectivity index (χ1v) is 11.1. The van der Waals surface area contributed by atoms with Crippen LogP contribution in [0.15, 0.2) is 41.3 Å². The van der Waals surface area contributed by atoms with Crippen molar-refractivity contribution in [3.05, 3.63) is 59.7 Å². The number of carbonyl (C=O) groups is 2. The van der Waals surface area contributed by atoms with Crippen LogP contribution in [-0.2, 0) is 28.0 Å². The van der Waals surface area contributed by atoms with Crippen LogP contribution in [0.5, 0.6) is 0 Å². The summed E-state index contributed by atoms with van der Waals surface area (Å²) in [4.78, 5) is 29.4. The third-order valence-corrected chi connectivity index (χ3v) is 6.44. The Morgan fingerprint density at radius 2 is 2.19 bits per heavy atom. The Hall–Kier alpha value is -4.11. The standard InChI is InChI=1S/C24H24F2N6O4/c1-35-21(33)10-19-17(23(28)34)12-32(30-19)24(5-7-27)6-8-31(13-20(24)25)11-15-2-3-18(29-22(15)26)16-4-9-36-14-16/h2-4,9,12,14,20H,5-6,8,10-11,13H2,1H3,(H2,28,34). The number of alkyl halides is 1. The van der Waals surface area contributed by atoms with Gasteiger partial charge in [-0.25, -0.2) is 9.37 Å². The monoisotopic (exact) mass is 498 g/mol. The SMILES string of the molecule is COC(=O)Cc1nn(C2(CC#N)CCN(Cc3ccc(-c4ccoc4)nc3F)CC2F)cc1C(N)=O. The number of amides is 1. The number of likely N-dealkylation sites (tertiary alicyclic amines) is 1. The van der Waals surface area contributed by atoms with Gasteiger partial charge in [-0.15, -0.1) is 0 Å². The van der Waals surface area contributed by atoms with Crippen molar-refractivity contribution in [3.8, 4) is 17.3 Å². The van der Waals surface area contributed by atoms with E-state index in [1.807, 2.05) is 6.07 Å². The molecule has 2 unspecified atom stereocenters. The number of primary amides is 1. The lowest BCUT2D eigenvalue weighted by molar-refractivity contribution is -0.139. The van der Waals surface area contributed by atoms with Crippen molar-refractivity contribution in [3.63, 3.8) is 0 Å². The average Bonchev–Trinajstić information content (AvgIpc) is 3.53. The molecule has 12 heteroatoms. The minimum Gasteiger partial charge on any atom is -0.472 e. The summed E-state index contributed by atoms with van der Waals surface area (Å²) in [5, 5.41) is 13.7. The smallest absolute Gasteiger partial charge is 0.311 e. The van der Waals surface area contributed by atoms with Gasteiger partial charge in [0, 0.05) is 37.0 Å². The fourth-order valence-corrected chi connectivity index (χ4v) is 4.39. The van der Waals surface area contributed by atoms with Crippen LogP contribution in [0.4, 0.5) is 8.78 Å². The zero-order valence-electron chi connectivity index (χ0n) is 19.5. The summed E-state index contributed by atoms with van der Waals surface area (Å²) in [6.07, 6.45) is 2.22. The van der Waals surface area contributed by atoms with Crippen LogP contribution >= 0.6 is 0 Å². The van der Waals surface area contributed by atoms with Crippen molar-refractivity contribution in [1.29, 1.82) is 5.26 Å². The number of aromatic nitrogens is 3. The number of ether oxygens (including phenoxy) is 1. The number of methoxy groups -OCH3 is 1. The maximum atomic E-state index is 15.8. The Balaban J connectivity index is 1.55. The largest absolute Gasteiger partial charge is 0.472 e. The Bertz CT molecular complexity index is 1300. The highest BCUT2D eigenvalue weighted by Crippen LogP contribution is 2.37. The molecule has 1 saturated heterocycles. The molecule has 188 valence electrons. The van der Waals surface area contributed by atoms with E-state index in [0.717, 1.165) is 0 Å². The molecular formula is C24H24F2N6O4. The highest BCUT2D eigenvalue weighted by atomic mass is 19.1. The minimum absolute atomic E-state index is 0.0433. The van der Waals surface area contributed by atoms with Gasteiger partial charge in [-0.05, 0) is 18.6 Å². The predicted molar refractivity (Wildman–Crippen MR) is 121 cm³/mol. The zero-order valence-corrected chi connectivity index (χ0v) is 19.5. The van der Waals surface area contributed by atoms with Crippen molar-refractivity contribution in [2.24, 2.45) is 5.73 Å². The number of furan rings is 1. The molecule has 2 atom stereocenters. The first-order valence-electron chi connectivity index (χ1n) is 11.1. The number of hydrogen-bond acceptors (Lipinski definition) is 8.